The van der Waals surface area contributed by atoms with Gasteiger partial charge in [-0.1, -0.05) is 12.5 Å². The first-order chi connectivity index (χ1) is 10.5. The molecule has 0 radical (unpaired) electrons. The maximum atomic E-state index is 12.8. The number of piperidine rings is 1. The standard InChI is InChI=1S/C16H22N2O3S/c1-12-5-6-13(16(19)17-14-7-8-14)11-15(12)22(20,21)18-9-3-2-4-10-18/h5-6,11,14H,2-4,7-10H2,1H3,(H,17,19). The number of benzene rings is 1. The van der Waals surface area contributed by atoms with Gasteiger partial charge in [0.15, 0.2) is 0 Å². The van der Waals surface area contributed by atoms with Gasteiger partial charge in [-0.2, -0.15) is 4.31 Å². The maximum Gasteiger partial charge on any atom is 0.251 e. The van der Waals surface area contributed by atoms with E-state index in [1.807, 2.05) is 0 Å². The van der Waals surface area contributed by atoms with Gasteiger partial charge in [0.1, 0.15) is 0 Å². The molecule has 1 amide bonds. The highest BCUT2D eigenvalue weighted by molar-refractivity contribution is 7.89. The van der Waals surface area contributed by atoms with E-state index in [0.717, 1.165) is 32.1 Å². The Morgan fingerprint density at radius 1 is 1.18 bits per heavy atom. The fourth-order valence-corrected chi connectivity index (χ4v) is 4.53. The molecule has 1 saturated carbocycles. The summed E-state index contributed by atoms with van der Waals surface area (Å²) in [5.74, 6) is -0.183. The number of sulfonamides is 1. The summed E-state index contributed by atoms with van der Waals surface area (Å²) in [7, 11) is -3.51. The van der Waals surface area contributed by atoms with Crippen LogP contribution in [0.2, 0.25) is 0 Å². The van der Waals surface area contributed by atoms with E-state index < -0.39 is 10.0 Å². The monoisotopic (exact) mass is 322 g/mol. The lowest BCUT2D eigenvalue weighted by atomic mass is 10.1. The fourth-order valence-electron chi connectivity index (χ4n) is 2.76. The van der Waals surface area contributed by atoms with Crippen LogP contribution in [0.1, 0.15) is 48.0 Å². The number of nitrogens with zero attached hydrogens (tertiary/aromatic N) is 1. The van der Waals surface area contributed by atoms with Crippen molar-refractivity contribution in [3.63, 3.8) is 0 Å². The molecule has 2 aliphatic rings. The smallest absolute Gasteiger partial charge is 0.251 e. The Balaban J connectivity index is 1.89. The predicted molar refractivity (Wildman–Crippen MR) is 84.3 cm³/mol. The number of amides is 1. The number of hydrogen-bond donors (Lipinski definition) is 1. The van der Waals surface area contributed by atoms with E-state index in [1.54, 1.807) is 23.4 Å². The molecular formula is C16H22N2O3S. The quantitative estimate of drug-likeness (QED) is 0.923. The number of rotatable bonds is 4. The molecule has 0 bridgehead atoms. The Labute approximate surface area is 131 Å². The van der Waals surface area contributed by atoms with Gasteiger partial charge < -0.3 is 5.32 Å². The van der Waals surface area contributed by atoms with Gasteiger partial charge in [-0.25, -0.2) is 8.42 Å². The molecule has 0 atom stereocenters. The van der Waals surface area contributed by atoms with Crippen LogP contribution >= 0.6 is 0 Å². The maximum absolute atomic E-state index is 12.8. The van der Waals surface area contributed by atoms with Crippen LogP contribution in [0.4, 0.5) is 0 Å². The molecule has 1 aromatic carbocycles. The average Bonchev–Trinajstić information content (AvgIpc) is 3.32. The van der Waals surface area contributed by atoms with Gasteiger partial charge in [-0.05, 0) is 50.3 Å². The summed E-state index contributed by atoms with van der Waals surface area (Å²) < 4.78 is 27.2. The van der Waals surface area contributed by atoms with Crippen LogP contribution in [-0.2, 0) is 10.0 Å². The first-order valence-corrected chi connectivity index (χ1v) is 9.34. The van der Waals surface area contributed by atoms with E-state index in [9.17, 15) is 13.2 Å². The lowest BCUT2D eigenvalue weighted by Crippen LogP contribution is -2.36. The minimum absolute atomic E-state index is 0.183. The summed E-state index contributed by atoms with van der Waals surface area (Å²) in [4.78, 5) is 12.4. The molecule has 1 saturated heterocycles. The summed E-state index contributed by atoms with van der Waals surface area (Å²) >= 11 is 0. The lowest BCUT2D eigenvalue weighted by molar-refractivity contribution is 0.0951. The van der Waals surface area contributed by atoms with Gasteiger partial charge in [0.2, 0.25) is 10.0 Å². The second kappa shape index (κ2) is 6.01. The highest BCUT2D eigenvalue weighted by Gasteiger charge is 2.29. The van der Waals surface area contributed by atoms with Gasteiger partial charge in [-0.3, -0.25) is 4.79 Å². The predicted octanol–water partition coefficient (Wildman–Crippen LogP) is 2.06. The number of carbonyl (C=O) groups excluding carboxylic acids is 1. The zero-order valence-corrected chi connectivity index (χ0v) is 13.7. The molecule has 22 heavy (non-hydrogen) atoms. The van der Waals surface area contributed by atoms with Crippen molar-refractivity contribution in [1.29, 1.82) is 0 Å². The first kappa shape index (κ1) is 15.5. The Morgan fingerprint density at radius 2 is 1.86 bits per heavy atom. The minimum Gasteiger partial charge on any atom is -0.349 e. The third-order valence-corrected chi connectivity index (χ3v) is 6.34. The Hall–Kier alpha value is -1.40. The molecular weight excluding hydrogens is 300 g/mol. The van der Waals surface area contributed by atoms with Crippen LogP contribution in [0.25, 0.3) is 0 Å². The molecule has 0 aromatic heterocycles. The summed E-state index contributed by atoms with van der Waals surface area (Å²) in [6, 6.07) is 5.20. The average molecular weight is 322 g/mol. The zero-order chi connectivity index (χ0) is 15.7. The topological polar surface area (TPSA) is 66.5 Å². The van der Waals surface area contributed by atoms with Crippen LogP contribution in [-0.4, -0.2) is 37.8 Å². The Bertz CT molecular complexity index is 675. The molecule has 1 N–H and O–H groups in total. The third-order valence-electron chi connectivity index (χ3n) is 4.30. The molecule has 0 unspecified atom stereocenters. The minimum atomic E-state index is -3.51. The molecule has 5 nitrogen and oxygen atoms in total. The van der Waals surface area contributed by atoms with E-state index in [0.29, 0.717) is 24.2 Å². The van der Waals surface area contributed by atoms with Crippen LogP contribution < -0.4 is 5.32 Å². The summed E-state index contributed by atoms with van der Waals surface area (Å²) in [6.45, 7) is 2.92. The van der Waals surface area contributed by atoms with Gasteiger partial charge >= 0.3 is 0 Å². The molecule has 1 aliphatic heterocycles. The summed E-state index contributed by atoms with van der Waals surface area (Å²) in [5.41, 5.74) is 1.11. The molecule has 6 heteroatoms. The van der Waals surface area contributed by atoms with Crippen LogP contribution in [0, 0.1) is 6.92 Å². The third kappa shape index (κ3) is 3.17. The van der Waals surface area contributed by atoms with E-state index in [-0.39, 0.29) is 16.8 Å². The fraction of sp³-hybridized carbons (Fsp3) is 0.562. The van der Waals surface area contributed by atoms with E-state index in [2.05, 4.69) is 5.32 Å². The largest absolute Gasteiger partial charge is 0.349 e. The second-order valence-electron chi connectivity index (χ2n) is 6.19. The molecule has 2 fully saturated rings. The SMILES string of the molecule is Cc1ccc(C(=O)NC2CC2)cc1S(=O)(=O)N1CCCCC1. The number of aryl methyl sites for hydroxylation is 1. The lowest BCUT2D eigenvalue weighted by Gasteiger charge is -2.26. The molecule has 1 heterocycles. The number of nitrogens with one attached hydrogen (secondary N) is 1. The van der Waals surface area contributed by atoms with Crippen molar-refractivity contribution < 1.29 is 13.2 Å². The summed E-state index contributed by atoms with van der Waals surface area (Å²) in [5, 5.41) is 2.90. The van der Waals surface area contributed by atoms with Gasteiger partial charge in [0.05, 0.1) is 4.90 Å². The van der Waals surface area contributed by atoms with Crippen LogP contribution in [0.15, 0.2) is 23.1 Å². The highest BCUT2D eigenvalue weighted by Crippen LogP contribution is 2.25. The number of hydrogen-bond acceptors (Lipinski definition) is 3. The van der Waals surface area contributed by atoms with Gasteiger partial charge in [0, 0.05) is 24.7 Å². The Kier molecular flexibility index (Phi) is 4.23. The van der Waals surface area contributed by atoms with Crippen LogP contribution in [0.5, 0.6) is 0 Å². The van der Waals surface area contributed by atoms with Crippen molar-refractivity contribution in [1.82, 2.24) is 9.62 Å². The van der Waals surface area contributed by atoms with E-state index in [4.69, 9.17) is 0 Å². The van der Waals surface area contributed by atoms with E-state index >= 15 is 0 Å². The normalized spacial score (nSPS) is 19.9. The number of carbonyl (C=O) groups is 1. The summed E-state index contributed by atoms with van der Waals surface area (Å²) in [6.07, 6.45) is 4.90. The first-order valence-electron chi connectivity index (χ1n) is 7.90. The van der Waals surface area contributed by atoms with Crippen molar-refractivity contribution >= 4 is 15.9 Å². The molecule has 3 rings (SSSR count). The van der Waals surface area contributed by atoms with Gasteiger partial charge in [0.25, 0.3) is 5.91 Å². The molecule has 1 aliphatic carbocycles. The van der Waals surface area contributed by atoms with Crippen molar-refractivity contribution in [3.05, 3.63) is 29.3 Å². The molecule has 0 spiro atoms. The zero-order valence-electron chi connectivity index (χ0n) is 12.8. The van der Waals surface area contributed by atoms with Crippen molar-refractivity contribution in [2.45, 2.75) is 50.0 Å². The molecule has 1 aromatic rings. The van der Waals surface area contributed by atoms with Crippen molar-refractivity contribution in [2.75, 3.05) is 13.1 Å². The van der Waals surface area contributed by atoms with Crippen molar-refractivity contribution in [2.24, 2.45) is 0 Å². The molecule has 120 valence electrons. The van der Waals surface area contributed by atoms with E-state index in [1.165, 1.54) is 6.07 Å². The van der Waals surface area contributed by atoms with Crippen LogP contribution in [0.3, 0.4) is 0 Å². The second-order valence-corrected chi connectivity index (χ2v) is 8.10. The van der Waals surface area contributed by atoms with Gasteiger partial charge in [-0.15, -0.1) is 0 Å². The highest BCUT2D eigenvalue weighted by atomic mass is 32.2. The van der Waals surface area contributed by atoms with Crippen molar-refractivity contribution in [3.8, 4) is 0 Å². The Morgan fingerprint density at radius 3 is 2.50 bits per heavy atom.